The molecule has 152 valence electrons. The van der Waals surface area contributed by atoms with Crippen molar-refractivity contribution in [1.82, 2.24) is 0 Å². The van der Waals surface area contributed by atoms with Crippen molar-refractivity contribution in [3.05, 3.63) is 64.2 Å². The second kappa shape index (κ2) is 8.78. The van der Waals surface area contributed by atoms with E-state index in [1.807, 2.05) is 31.2 Å². The van der Waals surface area contributed by atoms with Crippen LogP contribution in [0.5, 0.6) is 5.75 Å². The molecule has 28 heavy (non-hydrogen) atoms. The average molecular weight is 409 g/mol. The largest absolute Gasteiger partial charge is 0.494 e. The number of halogens is 1. The topological polar surface area (TPSA) is 99.4 Å². The van der Waals surface area contributed by atoms with Gasteiger partial charge >= 0.3 is 0 Å². The first kappa shape index (κ1) is 21.0. The number of hydrogen-bond donors (Lipinski definition) is 4. The minimum absolute atomic E-state index is 0.112. The van der Waals surface area contributed by atoms with Crippen LogP contribution in [0, 0.1) is 0 Å². The van der Waals surface area contributed by atoms with Crippen LogP contribution >= 0.6 is 11.6 Å². The zero-order valence-corrected chi connectivity index (χ0v) is 16.3. The zero-order valence-electron chi connectivity index (χ0n) is 15.6. The van der Waals surface area contributed by atoms with Crippen molar-refractivity contribution in [2.45, 2.75) is 43.9 Å². The molecule has 4 atom stereocenters. The molecule has 4 N–H and O–H groups in total. The summed E-state index contributed by atoms with van der Waals surface area (Å²) in [6.07, 6.45) is -3.02. The van der Waals surface area contributed by atoms with Gasteiger partial charge in [-0.1, -0.05) is 29.8 Å². The third kappa shape index (κ3) is 4.49. The summed E-state index contributed by atoms with van der Waals surface area (Å²) in [5.41, 5.74) is 2.25. The normalized spacial score (nSPS) is 25.6. The van der Waals surface area contributed by atoms with Crippen molar-refractivity contribution in [2.75, 3.05) is 13.2 Å². The maximum atomic E-state index is 10.9. The van der Waals surface area contributed by atoms with E-state index in [1.54, 1.807) is 18.2 Å². The fourth-order valence-electron chi connectivity index (χ4n) is 3.42. The highest BCUT2D eigenvalue weighted by molar-refractivity contribution is 6.31. The van der Waals surface area contributed by atoms with Crippen molar-refractivity contribution in [3.8, 4) is 5.75 Å². The van der Waals surface area contributed by atoms with Crippen LogP contribution in [0.4, 0.5) is 0 Å². The summed E-state index contributed by atoms with van der Waals surface area (Å²) in [6.45, 7) is 1.96. The summed E-state index contributed by atoms with van der Waals surface area (Å²) in [6, 6.07) is 12.7. The van der Waals surface area contributed by atoms with E-state index in [1.165, 1.54) is 0 Å². The molecule has 1 saturated heterocycles. The molecule has 0 saturated carbocycles. The van der Waals surface area contributed by atoms with E-state index in [9.17, 15) is 15.3 Å². The number of aliphatic hydroxyl groups excluding tert-OH is 3. The van der Waals surface area contributed by atoms with Crippen LogP contribution in [0.15, 0.2) is 42.5 Å². The van der Waals surface area contributed by atoms with E-state index in [4.69, 9.17) is 26.2 Å². The monoisotopic (exact) mass is 408 g/mol. The molecule has 1 heterocycles. The summed E-state index contributed by atoms with van der Waals surface area (Å²) in [5.74, 6) is -0.972. The predicted octanol–water partition coefficient (Wildman–Crippen LogP) is 1.98. The van der Waals surface area contributed by atoms with Crippen molar-refractivity contribution in [1.29, 1.82) is 0 Å². The van der Waals surface area contributed by atoms with Crippen LogP contribution < -0.4 is 4.74 Å². The third-order valence-electron chi connectivity index (χ3n) is 4.89. The Balaban J connectivity index is 1.81. The molecule has 1 aliphatic heterocycles. The molecular formula is C21H25ClO6. The lowest BCUT2D eigenvalue weighted by molar-refractivity contribution is -0.219. The van der Waals surface area contributed by atoms with Gasteiger partial charge in [0.2, 0.25) is 0 Å². The van der Waals surface area contributed by atoms with Gasteiger partial charge in [0.25, 0.3) is 0 Å². The fourth-order valence-corrected chi connectivity index (χ4v) is 3.60. The SMILES string of the molecule is CCOc1ccc(Cc2cc(C3(O)CC(O)[C@@H](C(O)CO)O3)ccc2Cl)cc1. The van der Waals surface area contributed by atoms with Crippen molar-refractivity contribution >= 4 is 11.6 Å². The maximum absolute atomic E-state index is 10.9. The summed E-state index contributed by atoms with van der Waals surface area (Å²) >= 11 is 6.34. The van der Waals surface area contributed by atoms with Gasteiger partial charge in [0.1, 0.15) is 18.0 Å². The van der Waals surface area contributed by atoms with Gasteiger partial charge in [-0.3, -0.25) is 0 Å². The summed E-state index contributed by atoms with van der Waals surface area (Å²) < 4.78 is 11.0. The Hall–Kier alpha value is -1.67. The van der Waals surface area contributed by atoms with Crippen molar-refractivity contribution in [3.63, 3.8) is 0 Å². The van der Waals surface area contributed by atoms with E-state index in [0.717, 1.165) is 16.9 Å². The minimum atomic E-state index is -1.77. The number of rotatable bonds is 7. The molecule has 1 aliphatic rings. The van der Waals surface area contributed by atoms with Gasteiger partial charge in [-0.05, 0) is 48.7 Å². The molecule has 1 fully saturated rings. The molecule has 0 radical (unpaired) electrons. The van der Waals surface area contributed by atoms with Gasteiger partial charge in [-0.15, -0.1) is 0 Å². The summed E-state index contributed by atoms with van der Waals surface area (Å²) in [4.78, 5) is 0. The Kier molecular flexibility index (Phi) is 6.60. The molecule has 0 bridgehead atoms. The Bertz CT molecular complexity index is 796. The molecule has 0 aliphatic carbocycles. The highest BCUT2D eigenvalue weighted by Crippen LogP contribution is 2.39. The van der Waals surface area contributed by atoms with Gasteiger partial charge in [0, 0.05) is 17.0 Å². The van der Waals surface area contributed by atoms with Crippen molar-refractivity contribution < 1.29 is 29.9 Å². The van der Waals surface area contributed by atoms with E-state index in [2.05, 4.69) is 0 Å². The molecule has 3 rings (SSSR count). The number of benzene rings is 2. The molecule has 2 aromatic carbocycles. The number of hydrogen-bond acceptors (Lipinski definition) is 6. The van der Waals surface area contributed by atoms with E-state index >= 15 is 0 Å². The van der Waals surface area contributed by atoms with E-state index in [0.29, 0.717) is 23.6 Å². The van der Waals surface area contributed by atoms with Gasteiger partial charge in [-0.2, -0.15) is 0 Å². The van der Waals surface area contributed by atoms with Gasteiger partial charge in [-0.25, -0.2) is 0 Å². The Morgan fingerprint density at radius 3 is 2.61 bits per heavy atom. The van der Waals surface area contributed by atoms with Crippen LogP contribution in [-0.4, -0.2) is 52.0 Å². The molecule has 7 heteroatoms. The van der Waals surface area contributed by atoms with Gasteiger partial charge in [0.15, 0.2) is 5.79 Å². The van der Waals surface area contributed by atoms with Gasteiger partial charge < -0.3 is 29.9 Å². The Morgan fingerprint density at radius 2 is 1.96 bits per heavy atom. The molecule has 6 nitrogen and oxygen atoms in total. The summed E-state index contributed by atoms with van der Waals surface area (Å²) in [5, 5.41) is 40.4. The first-order chi connectivity index (χ1) is 13.4. The van der Waals surface area contributed by atoms with Crippen LogP contribution in [0.25, 0.3) is 0 Å². The first-order valence-electron chi connectivity index (χ1n) is 9.24. The summed E-state index contributed by atoms with van der Waals surface area (Å²) in [7, 11) is 0. The lowest BCUT2D eigenvalue weighted by Gasteiger charge is -2.25. The zero-order chi connectivity index (χ0) is 20.3. The fraction of sp³-hybridized carbons (Fsp3) is 0.429. The smallest absolute Gasteiger partial charge is 0.195 e. The highest BCUT2D eigenvalue weighted by Gasteiger charge is 2.48. The quantitative estimate of drug-likeness (QED) is 0.559. The lowest BCUT2D eigenvalue weighted by atomic mass is 9.96. The first-order valence-corrected chi connectivity index (χ1v) is 9.62. The molecule has 3 unspecified atom stereocenters. The second-order valence-corrected chi connectivity index (χ2v) is 7.36. The number of ether oxygens (including phenoxy) is 2. The predicted molar refractivity (Wildman–Crippen MR) is 104 cm³/mol. The molecular weight excluding hydrogens is 384 g/mol. The maximum Gasteiger partial charge on any atom is 0.195 e. The average Bonchev–Trinajstić information content (AvgIpc) is 3.00. The highest BCUT2D eigenvalue weighted by atomic mass is 35.5. The van der Waals surface area contributed by atoms with E-state index < -0.39 is 30.7 Å². The Labute approximate surface area is 168 Å². The lowest BCUT2D eigenvalue weighted by Crippen LogP contribution is -2.37. The molecule has 0 aromatic heterocycles. The standard InChI is InChI=1S/C21H25ClO6/c1-2-27-16-6-3-13(4-7-16)9-14-10-15(5-8-17(14)22)21(26)11-18(24)20(28-21)19(25)12-23/h3-8,10,18-20,23-26H,2,9,11-12H2,1H3/t18?,19?,20-,21?/m0/s1. The molecule has 2 aromatic rings. The van der Waals surface area contributed by atoms with E-state index in [-0.39, 0.29) is 6.42 Å². The Morgan fingerprint density at radius 1 is 1.25 bits per heavy atom. The molecule has 0 spiro atoms. The van der Waals surface area contributed by atoms with Crippen LogP contribution in [0.2, 0.25) is 5.02 Å². The van der Waals surface area contributed by atoms with Crippen LogP contribution in [0.3, 0.4) is 0 Å². The van der Waals surface area contributed by atoms with Crippen LogP contribution in [0.1, 0.15) is 30.0 Å². The molecule has 0 amide bonds. The third-order valence-corrected chi connectivity index (χ3v) is 5.26. The number of aliphatic hydroxyl groups is 4. The van der Waals surface area contributed by atoms with Crippen molar-refractivity contribution in [2.24, 2.45) is 0 Å². The second-order valence-electron chi connectivity index (χ2n) is 6.95. The van der Waals surface area contributed by atoms with Gasteiger partial charge in [0.05, 0.1) is 19.3 Å². The van der Waals surface area contributed by atoms with Crippen LogP contribution in [-0.2, 0) is 16.9 Å². The minimum Gasteiger partial charge on any atom is -0.494 e.